The van der Waals surface area contributed by atoms with Crippen molar-refractivity contribution in [3.05, 3.63) is 45.3 Å². The van der Waals surface area contributed by atoms with Gasteiger partial charge in [0, 0.05) is 9.75 Å². The lowest BCUT2D eigenvalue weighted by atomic mass is 9.96. The second-order valence-electron chi connectivity index (χ2n) is 4.47. The van der Waals surface area contributed by atoms with Crippen molar-refractivity contribution in [2.45, 2.75) is 34.6 Å². The van der Waals surface area contributed by atoms with Crippen molar-refractivity contribution < 1.29 is 0 Å². The van der Waals surface area contributed by atoms with Crippen molar-refractivity contribution in [3.8, 4) is 0 Å². The number of rotatable bonds is 3. The fraction of sp³-hybridized carbons (Fsp3) is 0.400. The maximum absolute atomic E-state index is 3.69. The van der Waals surface area contributed by atoms with E-state index in [2.05, 4.69) is 53.0 Å². The molecule has 1 heteroatoms. The third-order valence-corrected chi connectivity index (χ3v) is 4.01. The topological polar surface area (TPSA) is 0 Å². The first-order chi connectivity index (χ1) is 7.47. The summed E-state index contributed by atoms with van der Waals surface area (Å²) in [6.07, 6.45) is 2.01. The Labute approximate surface area is 103 Å². The maximum Gasteiger partial charge on any atom is 0.0380 e. The standard InChI is InChI=1S/C15H20S/c1-7-8-14(13(6)10(2)3)15-11(4)9-12(5)16-15/h8-10H,1H2,2-6H3. The first kappa shape index (κ1) is 13.0. The van der Waals surface area contributed by atoms with Crippen LogP contribution in [0.2, 0.25) is 0 Å². The molecule has 1 aromatic heterocycles. The van der Waals surface area contributed by atoms with Crippen LogP contribution in [0.4, 0.5) is 0 Å². The lowest BCUT2D eigenvalue weighted by Gasteiger charge is -2.11. The van der Waals surface area contributed by atoms with Gasteiger partial charge < -0.3 is 0 Å². The summed E-state index contributed by atoms with van der Waals surface area (Å²) in [4.78, 5) is 2.72. The van der Waals surface area contributed by atoms with Crippen LogP contribution in [-0.4, -0.2) is 0 Å². The highest BCUT2D eigenvalue weighted by Gasteiger charge is 2.11. The van der Waals surface area contributed by atoms with Crippen LogP contribution in [0.5, 0.6) is 0 Å². The van der Waals surface area contributed by atoms with Crippen LogP contribution in [0.1, 0.15) is 36.1 Å². The van der Waals surface area contributed by atoms with Crippen LogP contribution < -0.4 is 0 Å². The molecular weight excluding hydrogens is 212 g/mol. The van der Waals surface area contributed by atoms with Gasteiger partial charge in [-0.2, -0.15) is 0 Å². The monoisotopic (exact) mass is 232 g/mol. The Kier molecular flexibility index (Phi) is 4.35. The zero-order chi connectivity index (χ0) is 12.3. The highest BCUT2D eigenvalue weighted by molar-refractivity contribution is 7.13. The Morgan fingerprint density at radius 3 is 2.44 bits per heavy atom. The summed E-state index contributed by atoms with van der Waals surface area (Å²) in [6.45, 7) is 14.7. The average Bonchev–Trinajstić information content (AvgIpc) is 2.53. The van der Waals surface area contributed by atoms with Gasteiger partial charge in [-0.1, -0.05) is 26.0 Å². The van der Waals surface area contributed by atoms with Crippen LogP contribution >= 0.6 is 11.3 Å². The highest BCUT2D eigenvalue weighted by atomic mass is 32.1. The molecule has 86 valence electrons. The molecule has 0 spiro atoms. The predicted octanol–water partition coefficient (Wildman–Crippen LogP) is 5.14. The van der Waals surface area contributed by atoms with E-state index >= 15 is 0 Å². The zero-order valence-corrected chi connectivity index (χ0v) is 11.7. The minimum Gasteiger partial charge on any atom is -0.140 e. The molecule has 0 aromatic carbocycles. The fourth-order valence-electron chi connectivity index (χ4n) is 1.68. The Bertz CT molecular complexity index is 452. The van der Waals surface area contributed by atoms with Gasteiger partial charge in [0.25, 0.3) is 0 Å². The molecule has 0 bridgehead atoms. The molecule has 0 nitrogen and oxygen atoms in total. The average molecular weight is 232 g/mol. The number of allylic oxidation sites excluding steroid dienone is 3. The van der Waals surface area contributed by atoms with E-state index in [0.29, 0.717) is 5.92 Å². The second-order valence-corrected chi connectivity index (χ2v) is 5.73. The molecule has 0 unspecified atom stereocenters. The fourth-order valence-corrected chi connectivity index (χ4v) is 2.79. The molecule has 16 heavy (non-hydrogen) atoms. The van der Waals surface area contributed by atoms with Crippen molar-refractivity contribution in [1.82, 2.24) is 0 Å². The van der Waals surface area contributed by atoms with E-state index in [0.717, 1.165) is 0 Å². The van der Waals surface area contributed by atoms with Gasteiger partial charge in [-0.15, -0.1) is 17.1 Å². The summed E-state index contributed by atoms with van der Waals surface area (Å²) < 4.78 is 0. The van der Waals surface area contributed by atoms with E-state index in [1.165, 1.54) is 26.5 Å². The van der Waals surface area contributed by atoms with Crippen molar-refractivity contribution in [3.63, 3.8) is 0 Å². The van der Waals surface area contributed by atoms with Crippen LogP contribution in [0, 0.1) is 19.8 Å². The highest BCUT2D eigenvalue weighted by Crippen LogP contribution is 2.33. The minimum atomic E-state index is 0.557. The molecule has 1 rings (SSSR count). The van der Waals surface area contributed by atoms with Gasteiger partial charge in [0.15, 0.2) is 0 Å². The molecule has 0 radical (unpaired) electrons. The smallest absolute Gasteiger partial charge is 0.0380 e. The normalized spacial score (nSPS) is 12.4. The molecule has 0 aliphatic rings. The first-order valence-corrected chi connectivity index (χ1v) is 6.43. The van der Waals surface area contributed by atoms with Crippen molar-refractivity contribution in [1.29, 1.82) is 0 Å². The van der Waals surface area contributed by atoms with E-state index < -0.39 is 0 Å². The third-order valence-electron chi connectivity index (χ3n) is 2.82. The SMILES string of the molecule is C=C=CC(=C(C)C(C)C)c1sc(C)cc1C. The van der Waals surface area contributed by atoms with Gasteiger partial charge in [0.1, 0.15) is 0 Å². The zero-order valence-electron chi connectivity index (χ0n) is 10.8. The van der Waals surface area contributed by atoms with E-state index in [1.807, 2.05) is 17.4 Å². The Hall–Kier alpha value is -1.04. The number of hydrogen-bond donors (Lipinski definition) is 0. The van der Waals surface area contributed by atoms with Gasteiger partial charge in [0.2, 0.25) is 0 Å². The van der Waals surface area contributed by atoms with Crippen LogP contribution in [0.25, 0.3) is 5.57 Å². The summed E-state index contributed by atoms with van der Waals surface area (Å²) >= 11 is 1.85. The first-order valence-electron chi connectivity index (χ1n) is 5.61. The van der Waals surface area contributed by atoms with Crippen LogP contribution in [0.3, 0.4) is 0 Å². The number of hydrogen-bond acceptors (Lipinski definition) is 1. The van der Waals surface area contributed by atoms with Gasteiger partial charge in [0.05, 0.1) is 0 Å². The lowest BCUT2D eigenvalue weighted by molar-refractivity contribution is 0.773. The van der Waals surface area contributed by atoms with E-state index in [4.69, 9.17) is 0 Å². The Morgan fingerprint density at radius 1 is 1.44 bits per heavy atom. The van der Waals surface area contributed by atoms with Crippen LogP contribution in [-0.2, 0) is 0 Å². The van der Waals surface area contributed by atoms with Gasteiger partial charge in [-0.3, -0.25) is 0 Å². The maximum atomic E-state index is 3.69. The molecule has 1 heterocycles. The minimum absolute atomic E-state index is 0.557. The predicted molar refractivity (Wildman–Crippen MR) is 74.9 cm³/mol. The molecular formula is C15H20S. The second kappa shape index (κ2) is 5.34. The molecule has 0 atom stereocenters. The summed E-state index contributed by atoms with van der Waals surface area (Å²) in [5, 5.41) is 0. The number of aryl methyl sites for hydroxylation is 2. The molecule has 0 aliphatic carbocycles. The van der Waals surface area contributed by atoms with Crippen molar-refractivity contribution >= 4 is 16.9 Å². The summed E-state index contributed by atoms with van der Waals surface area (Å²) in [5.41, 5.74) is 6.96. The van der Waals surface area contributed by atoms with E-state index in [-0.39, 0.29) is 0 Å². The Morgan fingerprint density at radius 2 is 2.06 bits per heavy atom. The lowest BCUT2D eigenvalue weighted by Crippen LogP contribution is -1.93. The summed E-state index contributed by atoms with van der Waals surface area (Å²) in [5.74, 6) is 0.557. The summed E-state index contributed by atoms with van der Waals surface area (Å²) in [7, 11) is 0. The van der Waals surface area contributed by atoms with E-state index in [9.17, 15) is 0 Å². The van der Waals surface area contributed by atoms with Gasteiger partial charge in [-0.25, -0.2) is 0 Å². The van der Waals surface area contributed by atoms with Crippen molar-refractivity contribution in [2.24, 2.45) is 5.92 Å². The van der Waals surface area contributed by atoms with Gasteiger partial charge >= 0.3 is 0 Å². The van der Waals surface area contributed by atoms with E-state index in [1.54, 1.807) is 0 Å². The quantitative estimate of drug-likeness (QED) is 0.500. The molecule has 0 saturated heterocycles. The molecule has 0 aliphatic heterocycles. The molecule has 0 N–H and O–H groups in total. The number of thiophene rings is 1. The summed E-state index contributed by atoms with van der Waals surface area (Å²) in [6, 6.07) is 2.24. The largest absolute Gasteiger partial charge is 0.140 e. The molecule has 0 fully saturated rings. The molecule has 0 saturated carbocycles. The van der Waals surface area contributed by atoms with Crippen LogP contribution in [0.15, 0.2) is 30.0 Å². The van der Waals surface area contributed by atoms with Gasteiger partial charge in [-0.05, 0) is 50.0 Å². The van der Waals surface area contributed by atoms with Crippen molar-refractivity contribution in [2.75, 3.05) is 0 Å². The third kappa shape index (κ3) is 2.75. The molecule has 1 aromatic rings. The molecule has 0 amide bonds. The Balaban J connectivity index is 3.39.